The molecule has 1 fully saturated rings. The lowest BCUT2D eigenvalue weighted by atomic mass is 10.2. The van der Waals surface area contributed by atoms with Crippen molar-refractivity contribution in [3.8, 4) is 0 Å². The number of aromatic amines is 1. The van der Waals surface area contributed by atoms with Gasteiger partial charge in [-0.15, -0.1) is 11.3 Å². The minimum atomic E-state index is 0.0313. The summed E-state index contributed by atoms with van der Waals surface area (Å²) in [5.41, 5.74) is 1.11. The Hall–Kier alpha value is -1.16. The van der Waals surface area contributed by atoms with E-state index < -0.39 is 0 Å². The molecule has 2 aromatic rings. The van der Waals surface area contributed by atoms with Gasteiger partial charge in [0.1, 0.15) is 10.7 Å². The standard InChI is InChI=1S/C11H12N2OS/c1-5-6(2)15-11-8(5)10(14)12-9(13-11)7-3-4-7/h7H,3-4H2,1-2H3,(H,12,13,14). The topological polar surface area (TPSA) is 45.8 Å². The number of aromatic nitrogens is 2. The summed E-state index contributed by atoms with van der Waals surface area (Å²) < 4.78 is 0. The van der Waals surface area contributed by atoms with E-state index in [2.05, 4.69) is 9.97 Å². The molecule has 15 heavy (non-hydrogen) atoms. The minimum absolute atomic E-state index is 0.0313. The molecule has 1 aliphatic carbocycles. The summed E-state index contributed by atoms with van der Waals surface area (Å²) in [7, 11) is 0. The predicted octanol–water partition coefficient (Wildman–Crippen LogP) is 2.48. The zero-order valence-corrected chi connectivity index (χ0v) is 9.57. The van der Waals surface area contributed by atoms with Gasteiger partial charge in [-0.05, 0) is 32.3 Å². The highest BCUT2D eigenvalue weighted by Gasteiger charge is 2.27. The molecule has 0 atom stereocenters. The molecule has 0 amide bonds. The van der Waals surface area contributed by atoms with Crippen LogP contribution in [-0.2, 0) is 0 Å². The first-order valence-corrected chi connectivity index (χ1v) is 5.98. The molecule has 3 nitrogen and oxygen atoms in total. The Bertz CT molecular complexity index is 592. The third-order valence-electron chi connectivity index (χ3n) is 3.02. The third kappa shape index (κ3) is 1.32. The van der Waals surface area contributed by atoms with Crippen molar-refractivity contribution in [1.29, 1.82) is 0 Å². The van der Waals surface area contributed by atoms with Crippen molar-refractivity contribution in [2.75, 3.05) is 0 Å². The predicted molar refractivity (Wildman–Crippen MR) is 61.7 cm³/mol. The molecule has 0 aliphatic heterocycles. The average molecular weight is 220 g/mol. The van der Waals surface area contributed by atoms with Crippen LogP contribution < -0.4 is 5.56 Å². The Balaban J connectivity index is 2.36. The SMILES string of the molecule is Cc1sc2nc(C3CC3)[nH]c(=O)c2c1C. The van der Waals surface area contributed by atoms with Crippen LogP contribution in [0.1, 0.15) is 35.0 Å². The number of rotatable bonds is 1. The lowest BCUT2D eigenvalue weighted by molar-refractivity contribution is 0.934. The van der Waals surface area contributed by atoms with Crippen LogP contribution in [0.4, 0.5) is 0 Å². The zero-order valence-electron chi connectivity index (χ0n) is 8.76. The van der Waals surface area contributed by atoms with Crippen LogP contribution in [0.2, 0.25) is 0 Å². The molecular formula is C11H12N2OS. The maximum absolute atomic E-state index is 11.9. The van der Waals surface area contributed by atoms with Gasteiger partial charge in [0.2, 0.25) is 0 Å². The molecule has 0 bridgehead atoms. The smallest absolute Gasteiger partial charge is 0.259 e. The van der Waals surface area contributed by atoms with E-state index in [1.807, 2.05) is 13.8 Å². The monoisotopic (exact) mass is 220 g/mol. The van der Waals surface area contributed by atoms with E-state index in [4.69, 9.17) is 0 Å². The Morgan fingerprint density at radius 1 is 1.40 bits per heavy atom. The normalized spacial score (nSPS) is 16.1. The number of hydrogen-bond donors (Lipinski definition) is 1. The van der Waals surface area contributed by atoms with Crippen molar-refractivity contribution >= 4 is 21.6 Å². The molecule has 3 rings (SSSR count). The molecule has 0 radical (unpaired) electrons. The lowest BCUT2D eigenvalue weighted by Gasteiger charge is -1.97. The zero-order chi connectivity index (χ0) is 10.6. The molecule has 0 unspecified atom stereocenters. The van der Waals surface area contributed by atoms with Gasteiger partial charge in [-0.2, -0.15) is 0 Å². The van der Waals surface area contributed by atoms with Gasteiger partial charge in [0.05, 0.1) is 5.39 Å². The molecular weight excluding hydrogens is 208 g/mol. The third-order valence-corrected chi connectivity index (χ3v) is 4.12. The first-order valence-electron chi connectivity index (χ1n) is 5.16. The van der Waals surface area contributed by atoms with Crippen LogP contribution >= 0.6 is 11.3 Å². The van der Waals surface area contributed by atoms with Crippen LogP contribution in [0.15, 0.2) is 4.79 Å². The van der Waals surface area contributed by atoms with Gasteiger partial charge in [-0.3, -0.25) is 4.79 Å². The fraction of sp³-hybridized carbons (Fsp3) is 0.455. The van der Waals surface area contributed by atoms with E-state index in [-0.39, 0.29) is 5.56 Å². The molecule has 0 saturated heterocycles. The number of hydrogen-bond acceptors (Lipinski definition) is 3. The second kappa shape index (κ2) is 2.92. The van der Waals surface area contributed by atoms with Crippen molar-refractivity contribution in [2.45, 2.75) is 32.6 Å². The molecule has 1 saturated carbocycles. The molecule has 4 heteroatoms. The summed E-state index contributed by atoms with van der Waals surface area (Å²) in [5, 5.41) is 0.780. The summed E-state index contributed by atoms with van der Waals surface area (Å²) in [6.45, 7) is 4.03. The van der Waals surface area contributed by atoms with E-state index in [1.165, 1.54) is 4.88 Å². The Morgan fingerprint density at radius 2 is 2.13 bits per heavy atom. The van der Waals surface area contributed by atoms with Crippen molar-refractivity contribution in [1.82, 2.24) is 9.97 Å². The van der Waals surface area contributed by atoms with E-state index in [0.717, 1.165) is 34.4 Å². The van der Waals surface area contributed by atoms with Gasteiger partial charge < -0.3 is 4.98 Å². The first-order chi connectivity index (χ1) is 7.16. The van der Waals surface area contributed by atoms with Gasteiger partial charge in [0.15, 0.2) is 0 Å². The van der Waals surface area contributed by atoms with Crippen molar-refractivity contribution in [3.63, 3.8) is 0 Å². The van der Waals surface area contributed by atoms with Crippen molar-refractivity contribution in [3.05, 3.63) is 26.6 Å². The maximum atomic E-state index is 11.9. The Kier molecular flexibility index (Phi) is 1.77. The summed E-state index contributed by atoms with van der Waals surface area (Å²) in [6.07, 6.45) is 2.33. The van der Waals surface area contributed by atoms with Gasteiger partial charge in [0.25, 0.3) is 5.56 Å². The van der Waals surface area contributed by atoms with Gasteiger partial charge in [-0.1, -0.05) is 0 Å². The molecule has 78 valence electrons. The summed E-state index contributed by atoms with van der Waals surface area (Å²) in [4.78, 5) is 21.4. The number of aryl methyl sites for hydroxylation is 2. The highest BCUT2D eigenvalue weighted by Crippen LogP contribution is 2.38. The fourth-order valence-corrected chi connectivity index (χ4v) is 2.86. The molecule has 1 aliphatic rings. The van der Waals surface area contributed by atoms with E-state index in [9.17, 15) is 4.79 Å². The molecule has 1 N–H and O–H groups in total. The first kappa shape index (κ1) is 9.09. The van der Waals surface area contributed by atoms with Gasteiger partial charge >= 0.3 is 0 Å². The highest BCUT2D eigenvalue weighted by molar-refractivity contribution is 7.18. The van der Waals surface area contributed by atoms with Crippen LogP contribution in [0.25, 0.3) is 10.2 Å². The van der Waals surface area contributed by atoms with Crippen LogP contribution in [0, 0.1) is 13.8 Å². The minimum Gasteiger partial charge on any atom is -0.310 e. The maximum Gasteiger partial charge on any atom is 0.259 e. The number of thiophene rings is 1. The summed E-state index contributed by atoms with van der Waals surface area (Å²) in [6, 6.07) is 0. The second-order valence-corrected chi connectivity index (χ2v) is 5.39. The van der Waals surface area contributed by atoms with Gasteiger partial charge in [-0.25, -0.2) is 4.98 Å². The van der Waals surface area contributed by atoms with E-state index in [1.54, 1.807) is 11.3 Å². The van der Waals surface area contributed by atoms with E-state index >= 15 is 0 Å². The second-order valence-electron chi connectivity index (χ2n) is 4.19. The molecule has 2 heterocycles. The largest absolute Gasteiger partial charge is 0.310 e. The van der Waals surface area contributed by atoms with Crippen LogP contribution in [-0.4, -0.2) is 9.97 Å². The van der Waals surface area contributed by atoms with Gasteiger partial charge in [0, 0.05) is 10.8 Å². The number of nitrogens with zero attached hydrogens (tertiary/aromatic N) is 1. The summed E-state index contributed by atoms with van der Waals surface area (Å²) in [5.74, 6) is 1.39. The van der Waals surface area contributed by atoms with Crippen molar-refractivity contribution < 1.29 is 0 Å². The number of fused-ring (bicyclic) bond motifs is 1. The van der Waals surface area contributed by atoms with Crippen molar-refractivity contribution in [2.24, 2.45) is 0 Å². The quantitative estimate of drug-likeness (QED) is 0.802. The molecule has 0 spiro atoms. The van der Waals surface area contributed by atoms with E-state index in [0.29, 0.717) is 5.92 Å². The highest BCUT2D eigenvalue weighted by atomic mass is 32.1. The van der Waals surface area contributed by atoms with Crippen LogP contribution in [0.5, 0.6) is 0 Å². The molecule has 2 aromatic heterocycles. The number of H-pyrrole nitrogens is 1. The molecule has 0 aromatic carbocycles. The number of nitrogens with one attached hydrogen (secondary N) is 1. The lowest BCUT2D eigenvalue weighted by Crippen LogP contribution is -2.10. The van der Waals surface area contributed by atoms with Crippen LogP contribution in [0.3, 0.4) is 0 Å². The fourth-order valence-electron chi connectivity index (χ4n) is 1.82. The summed E-state index contributed by atoms with van der Waals surface area (Å²) >= 11 is 1.62. The Morgan fingerprint density at radius 3 is 2.80 bits per heavy atom. The average Bonchev–Trinajstić information content (AvgIpc) is 2.95. The Labute approximate surface area is 91.2 Å².